The minimum Gasteiger partial charge on any atom is -0.293 e. The highest BCUT2D eigenvalue weighted by molar-refractivity contribution is 9.10. The first kappa shape index (κ1) is 21.5. The maximum Gasteiger partial charge on any atom is 0.432 e. The highest BCUT2D eigenvalue weighted by Gasteiger charge is 2.49. The molecular formula is C17H18Br2N2O6P2. The molecule has 0 atom stereocenters. The number of nitrogens with one attached hydrogen (secondary N) is 2. The number of anilines is 2. The van der Waals surface area contributed by atoms with Crippen molar-refractivity contribution in [2.45, 2.75) is 0 Å². The summed E-state index contributed by atoms with van der Waals surface area (Å²) >= 11 is 6.70. The van der Waals surface area contributed by atoms with Crippen molar-refractivity contribution < 1.29 is 27.2 Å². The largest absolute Gasteiger partial charge is 0.432 e. The molecule has 2 fully saturated rings. The van der Waals surface area contributed by atoms with Crippen molar-refractivity contribution in [1.82, 2.24) is 0 Å². The molecule has 0 amide bonds. The number of halogens is 2. The van der Waals surface area contributed by atoms with Gasteiger partial charge in [0.25, 0.3) is 0 Å². The summed E-state index contributed by atoms with van der Waals surface area (Å²) in [4.78, 5) is 0. The van der Waals surface area contributed by atoms with Crippen LogP contribution < -0.4 is 10.2 Å². The van der Waals surface area contributed by atoms with Crippen molar-refractivity contribution in [3.8, 4) is 0 Å². The molecule has 2 aliphatic rings. The summed E-state index contributed by atoms with van der Waals surface area (Å²) in [6.45, 7) is 0.357. The van der Waals surface area contributed by atoms with E-state index in [0.717, 1.165) is 8.95 Å². The van der Waals surface area contributed by atoms with E-state index >= 15 is 0 Å². The third-order valence-corrected chi connectivity index (χ3v) is 8.38. The van der Waals surface area contributed by atoms with Crippen molar-refractivity contribution >= 4 is 58.7 Å². The molecule has 0 radical (unpaired) electrons. The van der Waals surface area contributed by atoms with Gasteiger partial charge in [-0.2, -0.15) is 0 Å². The molecule has 12 heteroatoms. The molecule has 2 heterocycles. The summed E-state index contributed by atoms with van der Waals surface area (Å²) in [5.41, 5.74) is 0.559. The monoisotopic (exact) mass is 566 g/mol. The molecule has 2 saturated heterocycles. The molecule has 2 aromatic carbocycles. The highest BCUT2D eigenvalue weighted by atomic mass is 79.9. The van der Waals surface area contributed by atoms with Crippen molar-refractivity contribution in [2.75, 3.05) is 36.6 Å². The van der Waals surface area contributed by atoms with Crippen molar-refractivity contribution in [3.63, 3.8) is 0 Å². The number of hydrogen-bond acceptors (Lipinski definition) is 6. The Morgan fingerprint density at radius 3 is 1.28 bits per heavy atom. The molecule has 2 aromatic rings. The van der Waals surface area contributed by atoms with Crippen LogP contribution in [0.4, 0.5) is 11.4 Å². The van der Waals surface area contributed by atoms with Gasteiger partial charge in [-0.3, -0.25) is 28.3 Å². The van der Waals surface area contributed by atoms with Crippen LogP contribution in [0.5, 0.6) is 0 Å². The lowest BCUT2D eigenvalue weighted by Crippen LogP contribution is -2.46. The SMILES string of the molecule is O=P1(Nc2ccc(Br)cc2)OCC2(CO1)COP(=O)(Nc1ccc(Br)cc1)OC2. The molecule has 0 saturated carbocycles. The molecule has 0 aromatic heterocycles. The van der Waals surface area contributed by atoms with Gasteiger partial charge in [-0.05, 0) is 48.5 Å². The van der Waals surface area contributed by atoms with Crippen LogP contribution in [-0.4, -0.2) is 26.4 Å². The lowest BCUT2D eigenvalue weighted by Gasteiger charge is -2.42. The number of rotatable bonds is 4. The predicted octanol–water partition coefficient (Wildman–Crippen LogP) is 6.03. The summed E-state index contributed by atoms with van der Waals surface area (Å²) in [5, 5.41) is 5.60. The lowest BCUT2D eigenvalue weighted by molar-refractivity contribution is -0.0667. The summed E-state index contributed by atoms with van der Waals surface area (Å²) in [6, 6.07) is 14.3. The van der Waals surface area contributed by atoms with Gasteiger partial charge in [-0.1, -0.05) is 31.9 Å². The fourth-order valence-corrected chi connectivity index (χ4v) is 6.35. The fraction of sp³-hybridized carbons (Fsp3) is 0.294. The summed E-state index contributed by atoms with van der Waals surface area (Å²) < 4.78 is 49.5. The van der Waals surface area contributed by atoms with E-state index in [4.69, 9.17) is 18.1 Å². The topological polar surface area (TPSA) is 95.1 Å². The van der Waals surface area contributed by atoms with Crippen LogP contribution in [-0.2, 0) is 27.2 Å². The molecule has 0 bridgehead atoms. The van der Waals surface area contributed by atoms with Crippen LogP contribution in [0.25, 0.3) is 0 Å². The van der Waals surface area contributed by atoms with Crippen LogP contribution in [0.2, 0.25) is 0 Å². The van der Waals surface area contributed by atoms with Crippen LogP contribution in [0, 0.1) is 5.41 Å². The minimum absolute atomic E-state index is 0.0894. The lowest BCUT2D eigenvalue weighted by atomic mass is 9.93. The Morgan fingerprint density at radius 1 is 0.655 bits per heavy atom. The zero-order valence-corrected chi connectivity index (χ0v) is 20.0. The summed E-state index contributed by atoms with van der Waals surface area (Å²) in [7, 11) is -7.00. The van der Waals surface area contributed by atoms with Crippen molar-refractivity contribution in [1.29, 1.82) is 0 Å². The quantitative estimate of drug-likeness (QED) is 0.432. The first-order valence-electron chi connectivity index (χ1n) is 8.63. The Labute approximate surface area is 185 Å². The molecule has 2 N–H and O–H groups in total. The molecule has 0 aliphatic carbocycles. The van der Waals surface area contributed by atoms with E-state index in [1.54, 1.807) is 24.3 Å². The Kier molecular flexibility index (Phi) is 6.27. The van der Waals surface area contributed by atoms with Gasteiger partial charge in [0.2, 0.25) is 0 Å². The Balaban J connectivity index is 1.34. The van der Waals surface area contributed by atoms with E-state index in [1.807, 2.05) is 24.3 Å². The average molecular weight is 568 g/mol. The molecule has 8 nitrogen and oxygen atoms in total. The number of hydrogen-bond donors (Lipinski definition) is 2. The van der Waals surface area contributed by atoms with E-state index in [2.05, 4.69) is 42.0 Å². The van der Waals surface area contributed by atoms with E-state index in [-0.39, 0.29) is 26.4 Å². The maximum atomic E-state index is 12.8. The minimum atomic E-state index is -3.50. The molecule has 29 heavy (non-hydrogen) atoms. The third-order valence-electron chi connectivity index (χ3n) is 4.38. The van der Waals surface area contributed by atoms with Gasteiger partial charge < -0.3 is 0 Å². The molecule has 1 spiro atoms. The molecule has 4 rings (SSSR count). The van der Waals surface area contributed by atoms with Gasteiger partial charge in [0.05, 0.1) is 31.8 Å². The van der Waals surface area contributed by atoms with Crippen LogP contribution in [0.15, 0.2) is 57.5 Å². The van der Waals surface area contributed by atoms with Gasteiger partial charge in [-0.25, -0.2) is 9.13 Å². The second kappa shape index (κ2) is 8.44. The normalized spacial score (nSPS) is 32.1. The maximum absolute atomic E-state index is 12.8. The highest BCUT2D eigenvalue weighted by Crippen LogP contribution is 2.58. The standard InChI is InChI=1S/C17H18Br2N2O6P2/c18-13-1-5-15(6-2-13)20-28(22)24-9-17(10-25-28)11-26-29(23,27-12-17)21-16-7-3-14(19)4-8-16/h1-8H,9-12H2,(H,20,22)(H,21,23). The number of benzene rings is 2. The molecular weight excluding hydrogens is 550 g/mol. The van der Waals surface area contributed by atoms with Gasteiger partial charge >= 0.3 is 15.5 Å². The first-order valence-corrected chi connectivity index (χ1v) is 13.3. The summed E-state index contributed by atoms with van der Waals surface area (Å²) in [5.74, 6) is 0. The van der Waals surface area contributed by atoms with E-state index in [1.165, 1.54) is 0 Å². The first-order chi connectivity index (χ1) is 13.8. The molecule has 0 unspecified atom stereocenters. The predicted molar refractivity (Wildman–Crippen MR) is 117 cm³/mol. The third kappa shape index (κ3) is 5.32. The second-order valence-corrected chi connectivity index (χ2v) is 12.1. The van der Waals surface area contributed by atoms with E-state index in [0.29, 0.717) is 11.4 Å². The van der Waals surface area contributed by atoms with E-state index in [9.17, 15) is 9.13 Å². The smallest absolute Gasteiger partial charge is 0.293 e. The molecule has 2 aliphatic heterocycles. The van der Waals surface area contributed by atoms with Gasteiger partial charge in [0.1, 0.15) is 0 Å². The van der Waals surface area contributed by atoms with E-state index < -0.39 is 20.9 Å². The van der Waals surface area contributed by atoms with Crippen LogP contribution in [0.3, 0.4) is 0 Å². The van der Waals surface area contributed by atoms with Gasteiger partial charge in [-0.15, -0.1) is 0 Å². The van der Waals surface area contributed by atoms with Crippen molar-refractivity contribution in [3.05, 3.63) is 57.5 Å². The van der Waals surface area contributed by atoms with Crippen LogP contribution >= 0.6 is 47.4 Å². The fourth-order valence-electron chi connectivity index (χ4n) is 2.71. The van der Waals surface area contributed by atoms with Crippen molar-refractivity contribution in [2.24, 2.45) is 5.41 Å². The Bertz CT molecular complexity index is 866. The Morgan fingerprint density at radius 2 is 0.966 bits per heavy atom. The zero-order chi connectivity index (χ0) is 20.5. The van der Waals surface area contributed by atoms with Gasteiger partial charge in [0.15, 0.2) is 0 Å². The Hall–Kier alpha value is -0.700. The van der Waals surface area contributed by atoms with Gasteiger partial charge in [0, 0.05) is 20.3 Å². The summed E-state index contributed by atoms with van der Waals surface area (Å²) in [6.07, 6.45) is 0. The van der Waals surface area contributed by atoms with Crippen LogP contribution in [0.1, 0.15) is 0 Å². The zero-order valence-electron chi connectivity index (χ0n) is 15.0. The molecule has 156 valence electrons. The second-order valence-electron chi connectivity index (χ2n) is 6.83. The average Bonchev–Trinajstić information content (AvgIpc) is 2.71.